The molecule has 0 spiro atoms. The zero-order chi connectivity index (χ0) is 21.7. The highest BCUT2D eigenvalue weighted by Crippen LogP contribution is 2.35. The third-order valence-corrected chi connectivity index (χ3v) is 6.53. The van der Waals surface area contributed by atoms with Crippen molar-refractivity contribution in [3.8, 4) is 16.9 Å². The predicted molar refractivity (Wildman–Crippen MR) is 126 cm³/mol. The summed E-state index contributed by atoms with van der Waals surface area (Å²) in [6, 6.07) is 14.0. The van der Waals surface area contributed by atoms with Crippen molar-refractivity contribution in [2.24, 2.45) is 7.05 Å². The highest BCUT2D eigenvalue weighted by atomic mass is 35.5. The molecule has 1 aromatic carbocycles. The van der Waals surface area contributed by atoms with E-state index >= 15 is 0 Å². The van der Waals surface area contributed by atoms with Gasteiger partial charge >= 0.3 is 0 Å². The summed E-state index contributed by atoms with van der Waals surface area (Å²) in [5.74, 6) is 0.575. The Bertz CT molecular complexity index is 1310. The molecule has 0 atom stereocenters. The maximum Gasteiger partial charge on any atom is 0.255 e. The summed E-state index contributed by atoms with van der Waals surface area (Å²) in [5, 5.41) is 1.85. The molecule has 0 saturated carbocycles. The second-order valence-corrected chi connectivity index (χ2v) is 9.06. The number of pyridine rings is 2. The topological polar surface area (TPSA) is 43.1 Å². The maximum absolute atomic E-state index is 12.9. The van der Waals surface area contributed by atoms with E-state index in [-0.39, 0.29) is 5.56 Å². The van der Waals surface area contributed by atoms with Gasteiger partial charge in [0.05, 0.1) is 21.9 Å². The fourth-order valence-electron chi connectivity index (χ4n) is 4.41. The van der Waals surface area contributed by atoms with Gasteiger partial charge in [-0.3, -0.25) is 19.2 Å². The average molecular weight is 433 g/mol. The molecule has 4 heterocycles. The molecule has 31 heavy (non-hydrogen) atoms. The van der Waals surface area contributed by atoms with Crippen molar-refractivity contribution in [3.05, 3.63) is 82.0 Å². The normalized spacial score (nSPS) is 15.0. The fraction of sp³-hybridized carbons (Fsp3) is 0.280. The summed E-state index contributed by atoms with van der Waals surface area (Å²) in [5.41, 5.74) is 4.82. The van der Waals surface area contributed by atoms with Gasteiger partial charge in [0.15, 0.2) is 0 Å². The number of halogens is 1. The lowest BCUT2D eigenvalue weighted by atomic mass is 9.90. The van der Waals surface area contributed by atoms with E-state index in [2.05, 4.69) is 53.7 Å². The van der Waals surface area contributed by atoms with Gasteiger partial charge in [-0.05, 0) is 49.7 Å². The van der Waals surface area contributed by atoms with Gasteiger partial charge in [0, 0.05) is 67.7 Å². The van der Waals surface area contributed by atoms with Gasteiger partial charge in [-0.15, -0.1) is 0 Å². The SMILES string of the molecule is CC(C)N1CC(c2cn(C)c3cc(-n4ccc(-c5ccc(Cl)cn5)cc4=O)ccc23)C1. The smallest absolute Gasteiger partial charge is 0.255 e. The van der Waals surface area contributed by atoms with Gasteiger partial charge in [0.25, 0.3) is 5.56 Å². The molecule has 0 unspecified atom stereocenters. The first-order valence-corrected chi connectivity index (χ1v) is 11.0. The number of hydrogen-bond donors (Lipinski definition) is 0. The first kappa shape index (κ1) is 20.0. The largest absolute Gasteiger partial charge is 0.350 e. The van der Waals surface area contributed by atoms with Gasteiger partial charge in [-0.1, -0.05) is 17.7 Å². The fourth-order valence-corrected chi connectivity index (χ4v) is 4.52. The molecular formula is C25H25ClN4O. The molecule has 1 saturated heterocycles. The van der Waals surface area contributed by atoms with Crippen molar-refractivity contribution < 1.29 is 0 Å². The Morgan fingerprint density at radius 2 is 1.90 bits per heavy atom. The minimum atomic E-state index is -0.0883. The molecule has 0 aliphatic carbocycles. The van der Waals surface area contributed by atoms with Crippen molar-refractivity contribution in [2.45, 2.75) is 25.8 Å². The second kappa shape index (κ2) is 7.66. The monoisotopic (exact) mass is 432 g/mol. The molecule has 0 radical (unpaired) electrons. The lowest BCUT2D eigenvalue weighted by Gasteiger charge is -2.42. The molecule has 5 rings (SSSR count). The Balaban J connectivity index is 1.48. The van der Waals surface area contributed by atoms with Gasteiger partial charge in [0.2, 0.25) is 0 Å². The summed E-state index contributed by atoms with van der Waals surface area (Å²) in [4.78, 5) is 19.7. The first-order chi connectivity index (χ1) is 14.9. The van der Waals surface area contributed by atoms with Crippen LogP contribution in [0.1, 0.15) is 25.3 Å². The Kier molecular flexibility index (Phi) is 4.95. The third kappa shape index (κ3) is 3.58. The number of benzene rings is 1. The van der Waals surface area contributed by atoms with Crippen molar-refractivity contribution in [3.63, 3.8) is 0 Å². The quantitative estimate of drug-likeness (QED) is 0.463. The summed E-state index contributed by atoms with van der Waals surface area (Å²) < 4.78 is 3.85. The van der Waals surface area contributed by atoms with E-state index in [4.69, 9.17) is 11.6 Å². The zero-order valence-electron chi connectivity index (χ0n) is 17.9. The van der Waals surface area contributed by atoms with Crippen LogP contribution in [0, 0.1) is 0 Å². The molecule has 1 fully saturated rings. The Hall–Kier alpha value is -2.89. The van der Waals surface area contributed by atoms with E-state index in [0.29, 0.717) is 17.0 Å². The molecule has 0 amide bonds. The standard InChI is InChI=1S/C25H25ClN4O/c1-16(2)29-13-18(14-29)22-15-28(3)24-11-20(5-6-21(22)24)30-9-8-17(10-25(30)31)23-7-4-19(26)12-27-23/h4-12,15-16,18H,13-14H2,1-3H3. The van der Waals surface area contributed by atoms with E-state index in [1.165, 1.54) is 10.9 Å². The number of likely N-dealkylation sites (tertiary alicyclic amines) is 1. The zero-order valence-corrected chi connectivity index (χ0v) is 18.7. The molecule has 4 aromatic rings. The number of hydrogen-bond acceptors (Lipinski definition) is 3. The lowest BCUT2D eigenvalue weighted by molar-refractivity contribution is 0.110. The average Bonchev–Trinajstić information content (AvgIpc) is 3.03. The van der Waals surface area contributed by atoms with Gasteiger partial charge < -0.3 is 4.57 Å². The number of nitrogens with zero attached hydrogens (tertiary/aromatic N) is 4. The molecule has 0 bridgehead atoms. The second-order valence-electron chi connectivity index (χ2n) is 8.63. The number of rotatable bonds is 4. The predicted octanol–water partition coefficient (Wildman–Crippen LogP) is 4.85. The van der Waals surface area contributed by atoms with Crippen LogP contribution in [0.5, 0.6) is 0 Å². The van der Waals surface area contributed by atoms with E-state index in [1.807, 2.05) is 24.4 Å². The van der Waals surface area contributed by atoms with Crippen LogP contribution in [0.25, 0.3) is 27.8 Å². The summed E-state index contributed by atoms with van der Waals surface area (Å²) >= 11 is 5.92. The molecular weight excluding hydrogens is 408 g/mol. The van der Waals surface area contributed by atoms with Gasteiger partial charge in [-0.25, -0.2) is 0 Å². The van der Waals surface area contributed by atoms with Crippen LogP contribution >= 0.6 is 11.6 Å². The number of aryl methyl sites for hydroxylation is 1. The summed E-state index contributed by atoms with van der Waals surface area (Å²) in [6.45, 7) is 6.71. The van der Waals surface area contributed by atoms with Crippen LogP contribution in [-0.4, -0.2) is 38.1 Å². The Morgan fingerprint density at radius 1 is 1.10 bits per heavy atom. The van der Waals surface area contributed by atoms with E-state index in [1.54, 1.807) is 22.9 Å². The van der Waals surface area contributed by atoms with Crippen molar-refractivity contribution in [2.75, 3.05) is 13.1 Å². The van der Waals surface area contributed by atoms with Crippen LogP contribution in [0.15, 0.2) is 65.8 Å². The van der Waals surface area contributed by atoms with Gasteiger partial charge in [-0.2, -0.15) is 0 Å². The van der Waals surface area contributed by atoms with Crippen molar-refractivity contribution >= 4 is 22.5 Å². The first-order valence-electron chi connectivity index (χ1n) is 10.6. The van der Waals surface area contributed by atoms with Crippen LogP contribution < -0.4 is 5.56 Å². The Labute approximate surface area is 186 Å². The summed E-state index contributed by atoms with van der Waals surface area (Å²) in [7, 11) is 2.08. The third-order valence-electron chi connectivity index (χ3n) is 6.31. The molecule has 1 aliphatic heterocycles. The Morgan fingerprint density at radius 3 is 2.58 bits per heavy atom. The summed E-state index contributed by atoms with van der Waals surface area (Å²) in [6.07, 6.45) is 5.64. The molecule has 158 valence electrons. The van der Waals surface area contributed by atoms with Crippen LogP contribution in [0.2, 0.25) is 5.02 Å². The van der Waals surface area contributed by atoms with E-state index < -0.39 is 0 Å². The molecule has 0 N–H and O–H groups in total. The van der Waals surface area contributed by atoms with Crippen LogP contribution in [-0.2, 0) is 7.05 Å². The number of fused-ring (bicyclic) bond motifs is 1. The molecule has 5 nitrogen and oxygen atoms in total. The highest BCUT2D eigenvalue weighted by molar-refractivity contribution is 6.30. The lowest BCUT2D eigenvalue weighted by Crippen LogP contribution is -2.48. The molecule has 3 aromatic heterocycles. The van der Waals surface area contributed by atoms with Gasteiger partial charge in [0.1, 0.15) is 0 Å². The minimum absolute atomic E-state index is 0.0883. The molecule has 1 aliphatic rings. The van der Waals surface area contributed by atoms with E-state index in [0.717, 1.165) is 35.6 Å². The molecule has 6 heteroatoms. The number of aromatic nitrogens is 3. The van der Waals surface area contributed by atoms with Crippen LogP contribution in [0.3, 0.4) is 0 Å². The maximum atomic E-state index is 12.9. The minimum Gasteiger partial charge on any atom is -0.350 e. The van der Waals surface area contributed by atoms with E-state index in [9.17, 15) is 4.79 Å². The van der Waals surface area contributed by atoms with Crippen molar-refractivity contribution in [1.82, 2.24) is 19.0 Å². The highest BCUT2D eigenvalue weighted by Gasteiger charge is 2.31. The van der Waals surface area contributed by atoms with Crippen LogP contribution in [0.4, 0.5) is 0 Å². The van der Waals surface area contributed by atoms with Crippen molar-refractivity contribution in [1.29, 1.82) is 0 Å².